The number of benzene rings is 2. The zero-order valence-electron chi connectivity index (χ0n) is 16.7. The van der Waals surface area contributed by atoms with Crippen LogP contribution in [0.5, 0.6) is 0 Å². The molecule has 4 rings (SSSR count). The Balaban J connectivity index is 1.41. The van der Waals surface area contributed by atoms with E-state index in [1.165, 1.54) is 25.2 Å². The lowest BCUT2D eigenvalue weighted by Crippen LogP contribution is -2.14. The van der Waals surface area contributed by atoms with Crippen molar-refractivity contribution in [2.24, 2.45) is 0 Å². The topological polar surface area (TPSA) is 99.0 Å². The second-order valence-electron chi connectivity index (χ2n) is 6.61. The predicted octanol–water partition coefficient (Wildman–Crippen LogP) is 3.39. The highest BCUT2D eigenvalue weighted by atomic mass is 32.2. The summed E-state index contributed by atoms with van der Waals surface area (Å²) in [7, 11) is 1.32. The molecule has 9 heteroatoms. The summed E-state index contributed by atoms with van der Waals surface area (Å²) in [4.78, 5) is 32.5. The van der Waals surface area contributed by atoms with Gasteiger partial charge in [-0.25, -0.2) is 19.4 Å². The average Bonchev–Trinajstić information content (AvgIpc) is 3.21. The Morgan fingerprint density at radius 1 is 1.06 bits per heavy atom. The first-order valence-corrected chi connectivity index (χ1v) is 10.4. The second kappa shape index (κ2) is 9.40. The molecule has 0 unspecified atom stereocenters. The maximum atomic E-state index is 12.4. The van der Waals surface area contributed by atoms with Crippen molar-refractivity contribution in [3.05, 3.63) is 78.2 Å². The fraction of sp³-hybridized carbons (Fsp3) is 0.136. The van der Waals surface area contributed by atoms with E-state index >= 15 is 0 Å². The zero-order valence-corrected chi connectivity index (χ0v) is 17.5. The number of anilines is 1. The number of carbonyl (C=O) groups is 2. The third-order valence-corrected chi connectivity index (χ3v) is 5.51. The van der Waals surface area contributed by atoms with Crippen LogP contribution in [0.1, 0.15) is 15.9 Å². The van der Waals surface area contributed by atoms with Crippen LogP contribution in [-0.4, -0.2) is 44.5 Å². The van der Waals surface area contributed by atoms with E-state index in [0.29, 0.717) is 22.8 Å². The van der Waals surface area contributed by atoms with E-state index in [9.17, 15) is 9.59 Å². The van der Waals surface area contributed by atoms with E-state index in [2.05, 4.69) is 25.1 Å². The predicted molar refractivity (Wildman–Crippen MR) is 118 cm³/mol. The van der Waals surface area contributed by atoms with Crippen molar-refractivity contribution in [2.75, 3.05) is 18.2 Å². The summed E-state index contributed by atoms with van der Waals surface area (Å²) >= 11 is 1.32. The van der Waals surface area contributed by atoms with Crippen LogP contribution in [0, 0.1) is 0 Å². The first-order valence-electron chi connectivity index (χ1n) is 9.45. The highest BCUT2D eigenvalue weighted by Gasteiger charge is 2.13. The number of esters is 1. The Bertz CT molecular complexity index is 1210. The van der Waals surface area contributed by atoms with Crippen molar-refractivity contribution < 1.29 is 14.3 Å². The first kappa shape index (κ1) is 20.5. The molecule has 0 aliphatic heterocycles. The van der Waals surface area contributed by atoms with Gasteiger partial charge >= 0.3 is 5.97 Å². The van der Waals surface area contributed by atoms with E-state index in [4.69, 9.17) is 0 Å². The van der Waals surface area contributed by atoms with Gasteiger partial charge in [0.2, 0.25) is 5.91 Å². The van der Waals surface area contributed by atoms with Crippen LogP contribution in [0.2, 0.25) is 0 Å². The van der Waals surface area contributed by atoms with Crippen LogP contribution < -0.4 is 5.32 Å². The summed E-state index contributed by atoms with van der Waals surface area (Å²) in [5.74, 6) is -0.428. The third kappa shape index (κ3) is 4.89. The van der Waals surface area contributed by atoms with Gasteiger partial charge in [-0.15, -0.1) is 0 Å². The number of hydrogen-bond acceptors (Lipinski definition) is 7. The number of nitrogens with zero attached hydrogens (tertiary/aromatic N) is 4. The Morgan fingerprint density at radius 3 is 2.58 bits per heavy atom. The van der Waals surface area contributed by atoms with Crippen LogP contribution in [0.3, 0.4) is 0 Å². The maximum Gasteiger partial charge on any atom is 0.337 e. The molecular formula is C22H19N5O3S. The smallest absolute Gasteiger partial charge is 0.337 e. The third-order valence-electron chi connectivity index (χ3n) is 4.50. The van der Waals surface area contributed by atoms with Gasteiger partial charge in [-0.1, -0.05) is 42.1 Å². The summed E-state index contributed by atoms with van der Waals surface area (Å²) in [6.07, 6.45) is 3.21. The SMILES string of the molecule is COC(=O)c1ccc(NC(=O)CSc2ncnc3c2cnn3Cc2ccccc2)cc1. The lowest BCUT2D eigenvalue weighted by atomic mass is 10.2. The van der Waals surface area contributed by atoms with Gasteiger partial charge in [-0.05, 0) is 29.8 Å². The minimum Gasteiger partial charge on any atom is -0.465 e. The maximum absolute atomic E-state index is 12.4. The fourth-order valence-electron chi connectivity index (χ4n) is 3.00. The number of ether oxygens (including phenoxy) is 1. The average molecular weight is 433 g/mol. The van der Waals surface area contributed by atoms with Crippen LogP contribution in [0.25, 0.3) is 11.0 Å². The summed E-state index contributed by atoms with van der Waals surface area (Å²) in [5, 5.41) is 8.74. The van der Waals surface area contributed by atoms with E-state index in [0.717, 1.165) is 16.6 Å². The number of amides is 1. The van der Waals surface area contributed by atoms with Crippen LogP contribution in [0.15, 0.2) is 72.1 Å². The molecule has 0 aliphatic carbocycles. The number of thioether (sulfide) groups is 1. The van der Waals surface area contributed by atoms with Gasteiger partial charge in [-0.3, -0.25) is 4.79 Å². The van der Waals surface area contributed by atoms with E-state index < -0.39 is 5.97 Å². The molecule has 0 saturated heterocycles. The number of aromatic nitrogens is 4. The number of fused-ring (bicyclic) bond motifs is 1. The number of nitrogens with one attached hydrogen (secondary N) is 1. The molecule has 2 heterocycles. The summed E-state index contributed by atoms with van der Waals surface area (Å²) < 4.78 is 6.49. The Morgan fingerprint density at radius 2 is 1.84 bits per heavy atom. The van der Waals surface area contributed by atoms with Crippen LogP contribution in [-0.2, 0) is 16.1 Å². The molecule has 0 aliphatic rings. The summed E-state index contributed by atoms with van der Waals surface area (Å²) in [6.45, 7) is 0.605. The van der Waals surface area contributed by atoms with Gasteiger partial charge in [0.15, 0.2) is 5.65 Å². The number of carbonyl (C=O) groups excluding carboxylic acids is 2. The van der Waals surface area contributed by atoms with E-state index in [-0.39, 0.29) is 11.7 Å². The number of hydrogen-bond donors (Lipinski definition) is 1. The molecule has 2 aromatic carbocycles. The lowest BCUT2D eigenvalue weighted by Gasteiger charge is -2.07. The fourth-order valence-corrected chi connectivity index (χ4v) is 3.76. The molecule has 0 fully saturated rings. The molecule has 8 nitrogen and oxygen atoms in total. The van der Waals surface area contributed by atoms with Crippen molar-refractivity contribution >= 4 is 40.4 Å². The van der Waals surface area contributed by atoms with Crippen molar-refractivity contribution in [1.82, 2.24) is 19.7 Å². The molecule has 0 spiro atoms. The highest BCUT2D eigenvalue weighted by molar-refractivity contribution is 8.00. The molecule has 1 N–H and O–H groups in total. The molecule has 31 heavy (non-hydrogen) atoms. The standard InChI is InChI=1S/C22H19N5O3S/c1-30-22(29)16-7-9-17(10-8-16)26-19(28)13-31-21-18-11-25-27(20(18)23-14-24-21)12-15-5-3-2-4-6-15/h2-11,14H,12-13H2,1H3,(H,26,28). The van der Waals surface area contributed by atoms with Crippen LogP contribution >= 0.6 is 11.8 Å². The number of rotatable bonds is 7. The zero-order chi connectivity index (χ0) is 21.6. The van der Waals surface area contributed by atoms with Gasteiger partial charge in [0.25, 0.3) is 0 Å². The summed E-state index contributed by atoms with van der Waals surface area (Å²) in [6, 6.07) is 16.5. The normalized spacial score (nSPS) is 10.7. The monoisotopic (exact) mass is 433 g/mol. The molecular weight excluding hydrogens is 414 g/mol. The molecule has 0 atom stereocenters. The minimum absolute atomic E-state index is 0.175. The highest BCUT2D eigenvalue weighted by Crippen LogP contribution is 2.25. The lowest BCUT2D eigenvalue weighted by molar-refractivity contribution is -0.113. The van der Waals surface area contributed by atoms with Gasteiger partial charge < -0.3 is 10.1 Å². The molecule has 1 amide bonds. The molecule has 0 saturated carbocycles. The van der Waals surface area contributed by atoms with Crippen LogP contribution in [0.4, 0.5) is 5.69 Å². The van der Waals surface area contributed by atoms with Gasteiger partial charge in [0, 0.05) is 5.69 Å². The molecule has 2 aromatic heterocycles. The van der Waals surface area contributed by atoms with Gasteiger partial charge in [0.05, 0.1) is 36.6 Å². The van der Waals surface area contributed by atoms with E-state index in [1.807, 2.05) is 35.0 Å². The largest absolute Gasteiger partial charge is 0.465 e. The van der Waals surface area contributed by atoms with E-state index in [1.54, 1.807) is 30.5 Å². The number of methoxy groups -OCH3 is 1. The quantitative estimate of drug-likeness (QED) is 0.271. The van der Waals surface area contributed by atoms with Gasteiger partial charge in [0.1, 0.15) is 11.4 Å². The summed E-state index contributed by atoms with van der Waals surface area (Å²) in [5.41, 5.74) is 2.87. The van der Waals surface area contributed by atoms with Crippen molar-refractivity contribution in [3.8, 4) is 0 Å². The molecule has 0 bridgehead atoms. The molecule has 0 radical (unpaired) electrons. The van der Waals surface area contributed by atoms with Gasteiger partial charge in [-0.2, -0.15) is 5.10 Å². The molecule has 4 aromatic rings. The minimum atomic E-state index is -0.422. The molecule has 156 valence electrons. The van der Waals surface area contributed by atoms with Crippen molar-refractivity contribution in [1.29, 1.82) is 0 Å². The van der Waals surface area contributed by atoms with Crippen molar-refractivity contribution in [3.63, 3.8) is 0 Å². The first-order chi connectivity index (χ1) is 15.1. The van der Waals surface area contributed by atoms with Crippen molar-refractivity contribution in [2.45, 2.75) is 11.6 Å². The Hall–Kier alpha value is -3.72. The Kier molecular flexibility index (Phi) is 6.23. The second-order valence-corrected chi connectivity index (χ2v) is 7.57. The Labute approximate surface area is 182 Å².